The van der Waals surface area contributed by atoms with Gasteiger partial charge in [-0.2, -0.15) is 0 Å². The highest BCUT2D eigenvalue weighted by molar-refractivity contribution is 5.92. The van der Waals surface area contributed by atoms with Crippen molar-refractivity contribution >= 4 is 5.91 Å². The predicted octanol–water partition coefficient (Wildman–Crippen LogP) is 3.93. The second-order valence-electron chi connectivity index (χ2n) is 5.61. The maximum absolute atomic E-state index is 12.2. The zero-order chi connectivity index (χ0) is 17.8. The largest absolute Gasteiger partial charge is 0.439 e. The van der Waals surface area contributed by atoms with E-state index in [-0.39, 0.29) is 18.2 Å². The molecule has 2 heterocycles. The van der Waals surface area contributed by atoms with Crippen LogP contribution in [0.1, 0.15) is 16.4 Å². The molecule has 0 bridgehead atoms. The highest BCUT2D eigenvalue weighted by Crippen LogP contribution is 2.20. The Morgan fingerprint density at radius 1 is 0.962 bits per heavy atom. The van der Waals surface area contributed by atoms with Gasteiger partial charge < -0.3 is 14.3 Å². The number of oxazole rings is 1. The molecule has 1 N–H and O–H groups in total. The number of hydrogen-bond donors (Lipinski definition) is 1. The molecule has 0 aliphatic heterocycles. The van der Waals surface area contributed by atoms with E-state index in [4.69, 9.17) is 8.94 Å². The Morgan fingerprint density at radius 2 is 1.65 bits per heavy atom. The minimum atomic E-state index is -0.376. The van der Waals surface area contributed by atoms with Crippen molar-refractivity contribution in [3.8, 4) is 22.6 Å². The van der Waals surface area contributed by atoms with Crippen molar-refractivity contribution < 1.29 is 13.7 Å². The molecule has 0 spiro atoms. The molecule has 26 heavy (non-hydrogen) atoms. The number of rotatable bonds is 5. The molecule has 0 fully saturated rings. The molecule has 0 unspecified atom stereocenters. The van der Waals surface area contributed by atoms with E-state index in [1.54, 1.807) is 12.3 Å². The molecule has 0 aliphatic rings. The van der Waals surface area contributed by atoms with Gasteiger partial charge in [0.1, 0.15) is 5.69 Å². The van der Waals surface area contributed by atoms with Crippen LogP contribution in [0.4, 0.5) is 0 Å². The fraction of sp³-hybridized carbons (Fsp3) is 0.0500. The summed E-state index contributed by atoms with van der Waals surface area (Å²) in [6.45, 7) is 0.160. The van der Waals surface area contributed by atoms with Gasteiger partial charge >= 0.3 is 0 Å². The molecule has 128 valence electrons. The second kappa shape index (κ2) is 7.06. The van der Waals surface area contributed by atoms with Crippen LogP contribution in [0.5, 0.6) is 0 Å². The summed E-state index contributed by atoms with van der Waals surface area (Å²) in [5.41, 5.74) is 2.43. The van der Waals surface area contributed by atoms with Gasteiger partial charge in [-0.05, 0) is 0 Å². The number of nitrogens with one attached hydrogen (secondary N) is 1. The van der Waals surface area contributed by atoms with Crippen molar-refractivity contribution in [2.24, 2.45) is 0 Å². The summed E-state index contributed by atoms with van der Waals surface area (Å²) in [7, 11) is 0. The Morgan fingerprint density at radius 3 is 2.38 bits per heavy atom. The van der Waals surface area contributed by atoms with Gasteiger partial charge in [-0.25, -0.2) is 4.98 Å². The number of aromatic nitrogens is 2. The summed E-state index contributed by atoms with van der Waals surface area (Å²) >= 11 is 0. The van der Waals surface area contributed by atoms with Gasteiger partial charge in [0.2, 0.25) is 11.7 Å². The van der Waals surface area contributed by atoms with Gasteiger partial charge in [0.15, 0.2) is 5.76 Å². The molecule has 2 aromatic carbocycles. The Labute approximate surface area is 149 Å². The van der Waals surface area contributed by atoms with E-state index < -0.39 is 0 Å². The Kier molecular flexibility index (Phi) is 4.30. The SMILES string of the molecule is O=C(NCc1ncc(-c2ccccc2)o1)c1cc(-c2ccccc2)no1. The number of carbonyl (C=O) groups excluding carboxylic acids is 1. The van der Waals surface area contributed by atoms with Crippen molar-refractivity contribution in [3.63, 3.8) is 0 Å². The third-order valence-electron chi connectivity index (χ3n) is 3.82. The second-order valence-corrected chi connectivity index (χ2v) is 5.61. The third kappa shape index (κ3) is 3.39. The summed E-state index contributed by atoms with van der Waals surface area (Å²) in [4.78, 5) is 16.4. The minimum Gasteiger partial charge on any atom is -0.439 e. The molecule has 0 radical (unpaired) electrons. The first kappa shape index (κ1) is 15.8. The Balaban J connectivity index is 1.40. The van der Waals surface area contributed by atoms with Gasteiger partial charge in [0, 0.05) is 17.2 Å². The van der Waals surface area contributed by atoms with Crippen molar-refractivity contribution in [2.75, 3.05) is 0 Å². The zero-order valence-electron chi connectivity index (χ0n) is 13.8. The predicted molar refractivity (Wildman–Crippen MR) is 95.0 cm³/mol. The summed E-state index contributed by atoms with van der Waals surface area (Å²) in [6, 6.07) is 20.8. The third-order valence-corrected chi connectivity index (χ3v) is 3.82. The standard InChI is InChI=1S/C20H15N3O3/c24-20(17-11-16(23-26-17)14-7-3-1-4-8-14)22-13-19-21-12-18(25-19)15-9-5-2-6-10-15/h1-12H,13H2,(H,22,24). The first-order valence-corrected chi connectivity index (χ1v) is 8.10. The van der Waals surface area contributed by atoms with Gasteiger partial charge in [-0.3, -0.25) is 4.79 Å². The first-order chi connectivity index (χ1) is 12.8. The van der Waals surface area contributed by atoms with Crippen LogP contribution in [0.2, 0.25) is 0 Å². The van der Waals surface area contributed by atoms with Crippen molar-refractivity contribution in [1.29, 1.82) is 0 Å². The molecule has 6 nitrogen and oxygen atoms in total. The lowest BCUT2D eigenvalue weighted by molar-refractivity contribution is 0.0910. The smallest absolute Gasteiger partial charge is 0.290 e. The minimum absolute atomic E-state index is 0.138. The molecular weight excluding hydrogens is 330 g/mol. The van der Waals surface area contributed by atoms with Gasteiger partial charge in [-0.15, -0.1) is 0 Å². The lowest BCUT2D eigenvalue weighted by Crippen LogP contribution is -2.22. The molecule has 6 heteroatoms. The fourth-order valence-electron chi connectivity index (χ4n) is 2.50. The fourth-order valence-corrected chi connectivity index (χ4v) is 2.50. The quantitative estimate of drug-likeness (QED) is 0.593. The molecule has 4 aromatic rings. The average molecular weight is 345 g/mol. The molecule has 1 amide bonds. The van der Waals surface area contributed by atoms with Gasteiger partial charge in [0.05, 0.1) is 12.7 Å². The highest BCUT2D eigenvalue weighted by Gasteiger charge is 2.15. The zero-order valence-corrected chi connectivity index (χ0v) is 13.8. The average Bonchev–Trinajstić information content (AvgIpc) is 3.37. The van der Waals surface area contributed by atoms with Crippen LogP contribution in [0.15, 0.2) is 81.9 Å². The normalized spacial score (nSPS) is 10.6. The maximum atomic E-state index is 12.2. The highest BCUT2D eigenvalue weighted by atomic mass is 16.5. The summed E-state index contributed by atoms with van der Waals surface area (Å²) in [6.07, 6.45) is 1.64. The van der Waals surface area contributed by atoms with E-state index in [2.05, 4.69) is 15.5 Å². The van der Waals surface area contributed by atoms with Crippen molar-refractivity contribution in [3.05, 3.63) is 84.6 Å². The van der Waals surface area contributed by atoms with E-state index in [0.717, 1.165) is 11.1 Å². The number of benzene rings is 2. The topological polar surface area (TPSA) is 81.2 Å². The van der Waals surface area contributed by atoms with Crippen LogP contribution in [0.3, 0.4) is 0 Å². The van der Waals surface area contributed by atoms with Crippen LogP contribution in [-0.2, 0) is 6.54 Å². The summed E-state index contributed by atoms with van der Waals surface area (Å²) < 4.78 is 10.8. The monoisotopic (exact) mass is 345 g/mol. The van der Waals surface area contributed by atoms with E-state index in [9.17, 15) is 4.79 Å². The van der Waals surface area contributed by atoms with Crippen LogP contribution >= 0.6 is 0 Å². The number of hydrogen-bond acceptors (Lipinski definition) is 5. The molecule has 4 rings (SSSR count). The Hall–Kier alpha value is -3.67. The molecule has 0 atom stereocenters. The van der Waals surface area contributed by atoms with E-state index in [1.165, 1.54) is 0 Å². The van der Waals surface area contributed by atoms with Gasteiger partial charge in [0.25, 0.3) is 5.91 Å². The van der Waals surface area contributed by atoms with Crippen LogP contribution in [0, 0.1) is 0 Å². The van der Waals surface area contributed by atoms with Crippen LogP contribution < -0.4 is 5.32 Å². The van der Waals surface area contributed by atoms with Crippen molar-refractivity contribution in [1.82, 2.24) is 15.5 Å². The number of carbonyl (C=O) groups is 1. The van der Waals surface area contributed by atoms with Crippen LogP contribution in [0.25, 0.3) is 22.6 Å². The van der Waals surface area contributed by atoms with Gasteiger partial charge in [-0.1, -0.05) is 65.8 Å². The molecule has 2 aromatic heterocycles. The van der Waals surface area contributed by atoms with Crippen LogP contribution in [-0.4, -0.2) is 16.0 Å². The molecular formula is C20H15N3O3. The lowest BCUT2D eigenvalue weighted by Gasteiger charge is -1.98. The van der Waals surface area contributed by atoms with E-state index in [0.29, 0.717) is 17.3 Å². The maximum Gasteiger partial charge on any atom is 0.290 e. The molecule has 0 saturated carbocycles. The molecule has 0 saturated heterocycles. The lowest BCUT2D eigenvalue weighted by atomic mass is 10.1. The number of amides is 1. The summed E-state index contributed by atoms with van der Waals surface area (Å²) in [5, 5.41) is 6.65. The van der Waals surface area contributed by atoms with E-state index >= 15 is 0 Å². The molecule has 0 aliphatic carbocycles. The first-order valence-electron chi connectivity index (χ1n) is 8.10. The Bertz CT molecular complexity index is 1010. The van der Waals surface area contributed by atoms with Crippen molar-refractivity contribution in [2.45, 2.75) is 6.54 Å². The summed E-state index contributed by atoms with van der Waals surface area (Å²) in [5.74, 6) is 0.832. The number of nitrogens with zero attached hydrogens (tertiary/aromatic N) is 2. The van der Waals surface area contributed by atoms with E-state index in [1.807, 2.05) is 60.7 Å².